The van der Waals surface area contributed by atoms with Crippen molar-refractivity contribution < 1.29 is 4.79 Å². The summed E-state index contributed by atoms with van der Waals surface area (Å²) in [6.45, 7) is 1.81. The van der Waals surface area contributed by atoms with E-state index in [1.807, 2.05) is 25.3 Å². The molecule has 0 atom stereocenters. The number of rotatable bonds is 4. The van der Waals surface area contributed by atoms with Gasteiger partial charge in [-0.15, -0.1) is 11.8 Å². The minimum absolute atomic E-state index is 0.0912. The molecule has 0 aliphatic heterocycles. The lowest BCUT2D eigenvalue weighted by Crippen LogP contribution is -1.96. The molecule has 16 heavy (non-hydrogen) atoms. The Morgan fingerprint density at radius 3 is 2.75 bits per heavy atom. The Labute approximate surface area is 105 Å². The number of benzene rings is 1. The molecule has 0 radical (unpaired) electrons. The van der Waals surface area contributed by atoms with E-state index in [2.05, 4.69) is 17.4 Å². The van der Waals surface area contributed by atoms with Crippen LogP contribution in [0.15, 0.2) is 40.9 Å². The largest absolute Gasteiger partial charge is 0.361 e. The Hall–Kier alpha value is -0.870. The number of hydrogen-bond acceptors (Lipinski definition) is 4. The average Bonchev–Trinajstić information content (AvgIpc) is 2.35. The summed E-state index contributed by atoms with van der Waals surface area (Å²) in [6, 6.07) is 8.08. The van der Waals surface area contributed by atoms with Crippen LogP contribution >= 0.6 is 23.5 Å². The van der Waals surface area contributed by atoms with Crippen LogP contribution < -0.4 is 5.32 Å². The first kappa shape index (κ1) is 13.2. The van der Waals surface area contributed by atoms with E-state index >= 15 is 0 Å². The Morgan fingerprint density at radius 2 is 2.12 bits per heavy atom. The van der Waals surface area contributed by atoms with E-state index in [9.17, 15) is 4.79 Å². The summed E-state index contributed by atoms with van der Waals surface area (Å²) in [7, 11) is 0. The van der Waals surface area contributed by atoms with Gasteiger partial charge in [0.2, 0.25) is 5.12 Å². The van der Waals surface area contributed by atoms with Crippen molar-refractivity contribution in [2.45, 2.75) is 11.8 Å². The lowest BCUT2D eigenvalue weighted by Gasteiger charge is -2.04. The second kappa shape index (κ2) is 6.66. The first-order valence-corrected chi connectivity index (χ1v) is 7.28. The van der Waals surface area contributed by atoms with Crippen LogP contribution in [0.25, 0.3) is 0 Å². The van der Waals surface area contributed by atoms with Gasteiger partial charge >= 0.3 is 0 Å². The van der Waals surface area contributed by atoms with Crippen LogP contribution in [0.2, 0.25) is 0 Å². The molecule has 0 heterocycles. The number of carbonyl (C=O) groups is 1. The molecule has 2 nitrogen and oxygen atoms in total. The van der Waals surface area contributed by atoms with Gasteiger partial charge in [0.1, 0.15) is 0 Å². The molecule has 0 fully saturated rings. The van der Waals surface area contributed by atoms with Crippen molar-refractivity contribution in [3.05, 3.63) is 36.0 Å². The lowest BCUT2D eigenvalue weighted by molar-refractivity contribution is -0.107. The third kappa shape index (κ3) is 3.94. The van der Waals surface area contributed by atoms with Gasteiger partial charge in [0.15, 0.2) is 0 Å². The summed E-state index contributed by atoms with van der Waals surface area (Å²) in [5.74, 6) is 0. The molecular formula is C12H15NOS2. The molecule has 1 rings (SSSR count). The molecule has 4 heteroatoms. The zero-order valence-electron chi connectivity index (χ0n) is 9.61. The van der Waals surface area contributed by atoms with Gasteiger partial charge in [0.25, 0.3) is 0 Å². The van der Waals surface area contributed by atoms with Crippen molar-refractivity contribution in [1.82, 2.24) is 0 Å². The molecule has 0 saturated heterocycles. The molecule has 0 amide bonds. The highest BCUT2D eigenvalue weighted by atomic mass is 32.2. The topological polar surface area (TPSA) is 29.1 Å². The Bertz CT molecular complexity index is 402. The van der Waals surface area contributed by atoms with Gasteiger partial charge in [0, 0.05) is 22.4 Å². The second-order valence-electron chi connectivity index (χ2n) is 3.20. The fourth-order valence-electron chi connectivity index (χ4n) is 1.12. The summed E-state index contributed by atoms with van der Waals surface area (Å²) < 4.78 is 0. The predicted molar refractivity (Wildman–Crippen MR) is 74.1 cm³/mol. The monoisotopic (exact) mass is 253 g/mol. The first-order chi connectivity index (χ1) is 7.67. The molecule has 1 N–H and O–H groups in total. The molecule has 0 bridgehead atoms. The molecule has 86 valence electrons. The summed E-state index contributed by atoms with van der Waals surface area (Å²) >= 11 is 2.92. The predicted octanol–water partition coefficient (Wildman–Crippen LogP) is 3.61. The molecule has 0 unspecified atom stereocenters. The number of hydrogen-bond donors (Lipinski definition) is 1. The zero-order chi connectivity index (χ0) is 12.0. The smallest absolute Gasteiger partial charge is 0.216 e. The highest BCUT2D eigenvalue weighted by Gasteiger charge is 2.00. The van der Waals surface area contributed by atoms with Crippen LogP contribution in [0.1, 0.15) is 6.92 Å². The van der Waals surface area contributed by atoms with E-state index < -0.39 is 0 Å². The van der Waals surface area contributed by atoms with Crippen molar-refractivity contribution in [2.75, 3.05) is 17.8 Å². The highest BCUT2D eigenvalue weighted by Crippen LogP contribution is 2.19. The van der Waals surface area contributed by atoms with Crippen LogP contribution in [0.4, 0.5) is 5.69 Å². The van der Waals surface area contributed by atoms with E-state index in [1.165, 1.54) is 16.7 Å². The normalized spacial score (nSPS) is 11.3. The fourth-order valence-corrected chi connectivity index (χ4v) is 1.96. The van der Waals surface area contributed by atoms with Crippen LogP contribution in [0, 0.1) is 0 Å². The van der Waals surface area contributed by atoms with Crippen LogP contribution in [-0.4, -0.2) is 17.6 Å². The minimum atomic E-state index is 0.0912. The molecule has 1 aromatic rings. The SMILES string of the molecule is CSC(=O)C(C)=CNc1cccc(SC)c1. The minimum Gasteiger partial charge on any atom is -0.361 e. The molecule has 0 saturated carbocycles. The van der Waals surface area contributed by atoms with E-state index in [0.29, 0.717) is 0 Å². The van der Waals surface area contributed by atoms with Gasteiger partial charge in [-0.25, -0.2) is 0 Å². The summed E-state index contributed by atoms with van der Waals surface area (Å²) in [5.41, 5.74) is 1.72. The molecule has 1 aromatic carbocycles. The number of nitrogens with one attached hydrogen (secondary N) is 1. The van der Waals surface area contributed by atoms with E-state index in [0.717, 1.165) is 11.3 Å². The van der Waals surface area contributed by atoms with Crippen molar-refractivity contribution in [3.63, 3.8) is 0 Å². The Morgan fingerprint density at radius 1 is 1.38 bits per heavy atom. The van der Waals surface area contributed by atoms with E-state index in [4.69, 9.17) is 0 Å². The second-order valence-corrected chi connectivity index (χ2v) is 4.85. The molecule has 0 spiro atoms. The number of anilines is 1. The molecule has 0 aliphatic rings. The van der Waals surface area contributed by atoms with Gasteiger partial charge in [-0.3, -0.25) is 4.79 Å². The maximum atomic E-state index is 11.3. The molecular weight excluding hydrogens is 238 g/mol. The van der Waals surface area contributed by atoms with Gasteiger partial charge in [0.05, 0.1) is 0 Å². The molecule has 0 aromatic heterocycles. The van der Waals surface area contributed by atoms with Crippen molar-refractivity contribution in [2.24, 2.45) is 0 Å². The van der Waals surface area contributed by atoms with Gasteiger partial charge in [-0.2, -0.15) is 0 Å². The summed E-state index contributed by atoms with van der Waals surface area (Å²) in [5, 5.41) is 3.22. The van der Waals surface area contributed by atoms with E-state index in [-0.39, 0.29) is 5.12 Å². The van der Waals surface area contributed by atoms with Gasteiger partial charge in [-0.05, 0) is 37.6 Å². The lowest BCUT2D eigenvalue weighted by atomic mass is 10.3. The average molecular weight is 253 g/mol. The summed E-state index contributed by atoms with van der Waals surface area (Å²) in [4.78, 5) is 12.5. The quantitative estimate of drug-likeness (QED) is 0.655. The maximum absolute atomic E-state index is 11.3. The Balaban J connectivity index is 2.70. The van der Waals surface area contributed by atoms with Crippen molar-refractivity contribution >= 4 is 34.3 Å². The third-order valence-electron chi connectivity index (χ3n) is 2.03. The first-order valence-electron chi connectivity index (χ1n) is 4.83. The maximum Gasteiger partial charge on any atom is 0.216 e. The third-order valence-corrected chi connectivity index (χ3v) is 3.45. The van der Waals surface area contributed by atoms with Crippen molar-refractivity contribution in [3.8, 4) is 0 Å². The number of carbonyl (C=O) groups excluding carboxylic acids is 1. The summed E-state index contributed by atoms with van der Waals surface area (Å²) in [6.07, 6.45) is 5.57. The van der Waals surface area contributed by atoms with Gasteiger partial charge < -0.3 is 5.32 Å². The van der Waals surface area contributed by atoms with E-state index in [1.54, 1.807) is 24.2 Å². The zero-order valence-corrected chi connectivity index (χ0v) is 11.2. The standard InChI is InChI=1S/C12H15NOS2/c1-9(12(14)16-3)8-13-10-5-4-6-11(7-10)15-2/h4-8,13H,1-3H3. The van der Waals surface area contributed by atoms with Crippen LogP contribution in [0.3, 0.4) is 0 Å². The van der Waals surface area contributed by atoms with Crippen molar-refractivity contribution in [1.29, 1.82) is 0 Å². The Kier molecular flexibility index (Phi) is 5.49. The van der Waals surface area contributed by atoms with Gasteiger partial charge in [-0.1, -0.05) is 17.8 Å². The highest BCUT2D eigenvalue weighted by molar-refractivity contribution is 8.13. The number of thioether (sulfide) groups is 2. The van der Waals surface area contributed by atoms with Crippen LogP contribution in [0.5, 0.6) is 0 Å². The van der Waals surface area contributed by atoms with Crippen LogP contribution in [-0.2, 0) is 4.79 Å². The molecule has 0 aliphatic carbocycles. The fraction of sp³-hybridized carbons (Fsp3) is 0.250.